The summed E-state index contributed by atoms with van der Waals surface area (Å²) >= 11 is 3.30. The Morgan fingerprint density at radius 3 is 2.64 bits per heavy atom. The van der Waals surface area contributed by atoms with Crippen LogP contribution in [-0.4, -0.2) is 27.2 Å². The maximum Gasteiger partial charge on any atom is 0.258 e. The number of nitrogens with one attached hydrogen (secondary N) is 2. The van der Waals surface area contributed by atoms with Crippen molar-refractivity contribution in [3.05, 3.63) is 58.3 Å². The Kier molecular flexibility index (Phi) is 6.38. The molecule has 0 atom stereocenters. The topological polar surface area (TPSA) is 84.5 Å². The van der Waals surface area contributed by atoms with Gasteiger partial charge in [0, 0.05) is 11.0 Å². The number of hydrogen-bond acceptors (Lipinski definition) is 4. The molecule has 2 aromatic carbocycles. The Bertz CT molecular complexity index is 874. The first-order valence-corrected chi connectivity index (χ1v) is 9.83. The smallest absolute Gasteiger partial charge is 0.258 e. The lowest BCUT2D eigenvalue weighted by Crippen LogP contribution is -2.28. The van der Waals surface area contributed by atoms with Crippen LogP contribution >= 0.6 is 15.9 Å². The summed E-state index contributed by atoms with van der Waals surface area (Å²) in [6.45, 7) is -0.0800. The maximum atomic E-state index is 13.8. The Labute approximate surface area is 153 Å². The van der Waals surface area contributed by atoms with E-state index in [0.717, 1.165) is 16.8 Å². The first-order valence-electron chi connectivity index (χ1n) is 7.14. The van der Waals surface area contributed by atoms with Crippen molar-refractivity contribution < 1.29 is 22.3 Å². The molecule has 9 heteroatoms. The normalized spacial score (nSPS) is 11.0. The van der Waals surface area contributed by atoms with Crippen LogP contribution in [0, 0.1) is 5.82 Å². The van der Waals surface area contributed by atoms with Crippen LogP contribution in [0.15, 0.2) is 46.9 Å². The van der Waals surface area contributed by atoms with Gasteiger partial charge in [0.25, 0.3) is 5.91 Å². The Balaban J connectivity index is 1.86. The van der Waals surface area contributed by atoms with Gasteiger partial charge in [0.05, 0.1) is 11.9 Å². The van der Waals surface area contributed by atoms with Gasteiger partial charge in [-0.05, 0) is 35.9 Å². The molecule has 2 N–H and O–H groups in total. The Morgan fingerprint density at radius 2 is 2.00 bits per heavy atom. The van der Waals surface area contributed by atoms with Crippen molar-refractivity contribution in [3.8, 4) is 5.75 Å². The fourth-order valence-electron chi connectivity index (χ4n) is 1.91. The van der Waals surface area contributed by atoms with Gasteiger partial charge < -0.3 is 10.1 Å². The van der Waals surface area contributed by atoms with Gasteiger partial charge in [0.15, 0.2) is 6.61 Å². The molecule has 0 saturated heterocycles. The van der Waals surface area contributed by atoms with E-state index < -0.39 is 15.8 Å². The van der Waals surface area contributed by atoms with Gasteiger partial charge >= 0.3 is 0 Å². The molecule has 0 spiro atoms. The van der Waals surface area contributed by atoms with Crippen LogP contribution in [0.1, 0.15) is 5.56 Å². The summed E-state index contributed by atoms with van der Waals surface area (Å²) in [5.74, 6) is -0.534. The minimum Gasteiger partial charge on any atom is -0.484 e. The molecule has 0 radical (unpaired) electrons. The number of anilines is 1. The predicted molar refractivity (Wildman–Crippen MR) is 96.4 cm³/mol. The first-order chi connectivity index (χ1) is 11.7. The molecule has 0 unspecified atom stereocenters. The molecule has 25 heavy (non-hydrogen) atoms. The van der Waals surface area contributed by atoms with Crippen molar-refractivity contribution in [2.24, 2.45) is 0 Å². The fraction of sp³-hybridized carbons (Fsp3) is 0.188. The van der Waals surface area contributed by atoms with Gasteiger partial charge in [-0.3, -0.25) is 9.52 Å². The monoisotopic (exact) mass is 430 g/mol. The van der Waals surface area contributed by atoms with E-state index in [9.17, 15) is 17.6 Å². The highest BCUT2D eigenvalue weighted by Gasteiger charge is 2.09. The van der Waals surface area contributed by atoms with Crippen LogP contribution < -0.4 is 14.8 Å². The van der Waals surface area contributed by atoms with Crippen LogP contribution in [-0.2, 0) is 21.4 Å². The molecule has 2 rings (SSSR count). The molecular weight excluding hydrogens is 415 g/mol. The third-order valence-electron chi connectivity index (χ3n) is 2.98. The Hall–Kier alpha value is -2.13. The number of hydrogen-bond donors (Lipinski definition) is 2. The van der Waals surface area contributed by atoms with Crippen LogP contribution in [0.3, 0.4) is 0 Å². The quantitative estimate of drug-likeness (QED) is 0.706. The number of carbonyl (C=O) groups excluding carboxylic acids is 1. The van der Waals surface area contributed by atoms with E-state index in [1.165, 1.54) is 12.1 Å². The van der Waals surface area contributed by atoms with Crippen molar-refractivity contribution in [2.45, 2.75) is 6.54 Å². The number of carbonyl (C=O) groups is 1. The summed E-state index contributed by atoms with van der Waals surface area (Å²) in [6, 6.07) is 11.1. The van der Waals surface area contributed by atoms with E-state index in [1.54, 1.807) is 18.2 Å². The third kappa shape index (κ3) is 6.71. The van der Waals surface area contributed by atoms with E-state index in [2.05, 4.69) is 26.0 Å². The molecule has 2 aromatic rings. The van der Waals surface area contributed by atoms with Crippen molar-refractivity contribution >= 4 is 37.5 Å². The number of sulfonamides is 1. The van der Waals surface area contributed by atoms with Crippen LogP contribution in [0.5, 0.6) is 5.75 Å². The van der Waals surface area contributed by atoms with E-state index >= 15 is 0 Å². The standard InChI is InChI=1S/C16H16BrFN2O4S/c1-25(22,23)20-15-6-5-11(7-14(15)18)9-19-16(21)10-24-13-4-2-3-12(17)8-13/h2-8,20H,9-10H2,1H3,(H,19,21). The van der Waals surface area contributed by atoms with Crippen molar-refractivity contribution in [1.82, 2.24) is 5.32 Å². The average Bonchev–Trinajstić information content (AvgIpc) is 2.52. The lowest BCUT2D eigenvalue weighted by molar-refractivity contribution is -0.123. The van der Waals surface area contributed by atoms with Gasteiger partial charge in [-0.25, -0.2) is 12.8 Å². The lowest BCUT2D eigenvalue weighted by Gasteiger charge is -2.10. The SMILES string of the molecule is CS(=O)(=O)Nc1ccc(CNC(=O)COc2cccc(Br)c2)cc1F. The molecular formula is C16H16BrFN2O4S. The maximum absolute atomic E-state index is 13.8. The van der Waals surface area contributed by atoms with E-state index in [-0.39, 0.29) is 24.7 Å². The second-order valence-electron chi connectivity index (χ2n) is 5.21. The second-order valence-corrected chi connectivity index (χ2v) is 7.88. The Morgan fingerprint density at radius 1 is 1.24 bits per heavy atom. The molecule has 0 bridgehead atoms. The summed E-state index contributed by atoms with van der Waals surface area (Å²) in [5.41, 5.74) is 0.350. The molecule has 1 amide bonds. The summed E-state index contributed by atoms with van der Waals surface area (Å²) < 4.78 is 44.3. The van der Waals surface area contributed by atoms with Crippen molar-refractivity contribution in [3.63, 3.8) is 0 Å². The number of benzene rings is 2. The number of amides is 1. The highest BCUT2D eigenvalue weighted by Crippen LogP contribution is 2.18. The molecule has 0 aromatic heterocycles. The lowest BCUT2D eigenvalue weighted by atomic mass is 10.2. The van der Waals surface area contributed by atoms with Gasteiger partial charge in [0.1, 0.15) is 11.6 Å². The third-order valence-corrected chi connectivity index (χ3v) is 4.07. The highest BCUT2D eigenvalue weighted by molar-refractivity contribution is 9.10. The molecule has 0 heterocycles. The largest absolute Gasteiger partial charge is 0.484 e. The molecule has 0 aliphatic rings. The van der Waals surface area contributed by atoms with E-state index in [0.29, 0.717) is 11.3 Å². The second kappa shape index (κ2) is 8.30. The molecule has 0 aliphatic carbocycles. The summed E-state index contributed by atoms with van der Waals surface area (Å²) in [5, 5.41) is 2.60. The molecule has 0 aliphatic heterocycles. The number of rotatable bonds is 7. The van der Waals surface area contributed by atoms with E-state index in [4.69, 9.17) is 4.74 Å². The van der Waals surface area contributed by atoms with Crippen molar-refractivity contribution in [1.29, 1.82) is 0 Å². The predicted octanol–water partition coefficient (Wildman–Crippen LogP) is 2.65. The van der Waals surface area contributed by atoms with Gasteiger partial charge in [-0.2, -0.15) is 0 Å². The van der Waals surface area contributed by atoms with Crippen molar-refractivity contribution in [2.75, 3.05) is 17.6 Å². The van der Waals surface area contributed by atoms with Crippen LogP contribution in [0.2, 0.25) is 0 Å². The number of halogens is 2. The van der Waals surface area contributed by atoms with Gasteiger partial charge in [-0.1, -0.05) is 28.1 Å². The summed E-state index contributed by atoms with van der Waals surface area (Å²) in [7, 11) is -3.55. The van der Waals surface area contributed by atoms with Gasteiger partial charge in [-0.15, -0.1) is 0 Å². The summed E-state index contributed by atoms with van der Waals surface area (Å²) in [6.07, 6.45) is 0.936. The summed E-state index contributed by atoms with van der Waals surface area (Å²) in [4.78, 5) is 11.8. The zero-order valence-corrected chi connectivity index (χ0v) is 15.7. The van der Waals surface area contributed by atoms with Gasteiger partial charge in [0.2, 0.25) is 10.0 Å². The van der Waals surface area contributed by atoms with Crippen LogP contribution in [0.4, 0.5) is 10.1 Å². The average molecular weight is 431 g/mol. The molecule has 0 fully saturated rings. The van der Waals surface area contributed by atoms with Crippen LogP contribution in [0.25, 0.3) is 0 Å². The minimum atomic E-state index is -3.55. The fourth-order valence-corrected chi connectivity index (χ4v) is 2.85. The molecule has 134 valence electrons. The minimum absolute atomic E-state index is 0.0940. The first kappa shape index (κ1) is 19.2. The van der Waals surface area contributed by atoms with E-state index in [1.807, 2.05) is 6.07 Å². The number of ether oxygens (including phenoxy) is 1. The highest BCUT2D eigenvalue weighted by atomic mass is 79.9. The zero-order chi connectivity index (χ0) is 18.4. The zero-order valence-electron chi connectivity index (χ0n) is 13.3. The molecule has 0 saturated carbocycles. The molecule has 6 nitrogen and oxygen atoms in total.